The Kier molecular flexibility index (Phi) is 5.47. The summed E-state index contributed by atoms with van der Waals surface area (Å²) in [5, 5.41) is 8.39. The SMILES string of the molecule is O=S(=O)(Cc1ccccc1)NCCc1nnc(-c2ccccc2Cl)o1. The Morgan fingerprint density at radius 2 is 1.72 bits per heavy atom. The van der Waals surface area contributed by atoms with Gasteiger partial charge in [-0.25, -0.2) is 13.1 Å². The highest BCUT2D eigenvalue weighted by Gasteiger charge is 2.14. The van der Waals surface area contributed by atoms with Crippen LogP contribution in [0.1, 0.15) is 11.5 Å². The molecule has 130 valence electrons. The van der Waals surface area contributed by atoms with E-state index in [9.17, 15) is 8.42 Å². The topological polar surface area (TPSA) is 85.1 Å². The van der Waals surface area contributed by atoms with Gasteiger partial charge in [-0.15, -0.1) is 10.2 Å². The van der Waals surface area contributed by atoms with E-state index in [-0.39, 0.29) is 12.3 Å². The minimum Gasteiger partial charge on any atom is -0.421 e. The minimum atomic E-state index is -3.42. The number of hydrogen-bond acceptors (Lipinski definition) is 5. The fourth-order valence-corrected chi connectivity index (χ4v) is 3.62. The van der Waals surface area contributed by atoms with Gasteiger partial charge in [0.25, 0.3) is 0 Å². The number of sulfonamides is 1. The summed E-state index contributed by atoms with van der Waals surface area (Å²) in [5.74, 6) is 0.591. The van der Waals surface area contributed by atoms with Gasteiger partial charge in [-0.05, 0) is 17.7 Å². The maximum Gasteiger partial charge on any atom is 0.249 e. The van der Waals surface area contributed by atoms with Crippen LogP contribution in [0, 0.1) is 0 Å². The van der Waals surface area contributed by atoms with E-state index in [1.165, 1.54) is 0 Å². The summed E-state index contributed by atoms with van der Waals surface area (Å²) >= 11 is 6.09. The van der Waals surface area contributed by atoms with Gasteiger partial charge in [0.1, 0.15) is 0 Å². The molecule has 0 spiro atoms. The molecule has 1 N–H and O–H groups in total. The van der Waals surface area contributed by atoms with Crippen molar-refractivity contribution in [2.75, 3.05) is 6.54 Å². The number of aromatic nitrogens is 2. The van der Waals surface area contributed by atoms with E-state index in [4.69, 9.17) is 16.0 Å². The zero-order valence-corrected chi connectivity index (χ0v) is 14.8. The quantitative estimate of drug-likeness (QED) is 0.684. The maximum atomic E-state index is 12.1. The molecule has 2 aromatic carbocycles. The molecule has 0 unspecified atom stereocenters. The second kappa shape index (κ2) is 7.77. The molecule has 0 atom stereocenters. The van der Waals surface area contributed by atoms with E-state index in [1.807, 2.05) is 18.2 Å². The van der Waals surface area contributed by atoms with E-state index in [0.717, 1.165) is 5.56 Å². The third kappa shape index (κ3) is 4.88. The molecule has 1 aromatic heterocycles. The molecule has 0 fully saturated rings. The second-order valence-electron chi connectivity index (χ2n) is 5.37. The Bertz CT molecular complexity index is 943. The highest BCUT2D eigenvalue weighted by Crippen LogP contribution is 2.26. The van der Waals surface area contributed by atoms with Crippen LogP contribution in [-0.2, 0) is 22.2 Å². The molecular formula is C17H16ClN3O3S. The van der Waals surface area contributed by atoms with E-state index >= 15 is 0 Å². The minimum absolute atomic E-state index is 0.0669. The Morgan fingerprint density at radius 1 is 1.00 bits per heavy atom. The van der Waals surface area contributed by atoms with Gasteiger partial charge in [-0.2, -0.15) is 0 Å². The Balaban J connectivity index is 1.57. The highest BCUT2D eigenvalue weighted by molar-refractivity contribution is 7.88. The first-order valence-corrected chi connectivity index (χ1v) is 9.65. The van der Waals surface area contributed by atoms with Gasteiger partial charge in [-0.1, -0.05) is 54.1 Å². The van der Waals surface area contributed by atoms with Crippen molar-refractivity contribution in [1.29, 1.82) is 0 Å². The number of benzene rings is 2. The molecule has 25 heavy (non-hydrogen) atoms. The molecular weight excluding hydrogens is 362 g/mol. The van der Waals surface area contributed by atoms with Crippen LogP contribution in [-0.4, -0.2) is 25.2 Å². The number of rotatable bonds is 7. The molecule has 0 radical (unpaired) electrons. The summed E-state index contributed by atoms with van der Waals surface area (Å²) in [6.07, 6.45) is 0.297. The fourth-order valence-electron chi connectivity index (χ4n) is 2.26. The van der Waals surface area contributed by atoms with Crippen LogP contribution in [0.15, 0.2) is 59.0 Å². The van der Waals surface area contributed by atoms with Crippen LogP contribution in [0.5, 0.6) is 0 Å². The monoisotopic (exact) mass is 377 g/mol. The van der Waals surface area contributed by atoms with Crippen molar-refractivity contribution in [2.24, 2.45) is 0 Å². The van der Waals surface area contributed by atoms with E-state index in [2.05, 4.69) is 14.9 Å². The lowest BCUT2D eigenvalue weighted by molar-refractivity contribution is 0.502. The molecule has 3 rings (SSSR count). The van der Waals surface area contributed by atoms with Gasteiger partial charge in [0.05, 0.1) is 16.3 Å². The standard InChI is InChI=1S/C17H16ClN3O3S/c18-15-9-5-4-8-14(15)17-21-20-16(24-17)10-11-19-25(22,23)12-13-6-2-1-3-7-13/h1-9,19H,10-12H2. The van der Waals surface area contributed by atoms with Gasteiger partial charge < -0.3 is 4.42 Å². The van der Waals surface area contributed by atoms with Gasteiger partial charge in [0.15, 0.2) is 0 Å². The third-order valence-corrected chi connectivity index (χ3v) is 5.12. The zero-order chi connectivity index (χ0) is 17.7. The van der Waals surface area contributed by atoms with Crippen molar-refractivity contribution in [3.05, 3.63) is 71.1 Å². The fraction of sp³-hybridized carbons (Fsp3) is 0.176. The molecule has 0 saturated heterocycles. The average molecular weight is 378 g/mol. The number of halogens is 1. The van der Waals surface area contributed by atoms with Crippen molar-refractivity contribution in [3.8, 4) is 11.5 Å². The molecule has 0 amide bonds. The summed E-state index contributed by atoms with van der Waals surface area (Å²) in [6.45, 7) is 0.180. The van der Waals surface area contributed by atoms with E-state index < -0.39 is 10.0 Å². The highest BCUT2D eigenvalue weighted by atomic mass is 35.5. The first-order chi connectivity index (χ1) is 12.0. The lowest BCUT2D eigenvalue weighted by Crippen LogP contribution is -2.27. The predicted molar refractivity (Wildman–Crippen MR) is 95.5 cm³/mol. The average Bonchev–Trinajstić information content (AvgIpc) is 3.04. The van der Waals surface area contributed by atoms with Crippen LogP contribution in [0.3, 0.4) is 0 Å². The molecule has 3 aromatic rings. The van der Waals surface area contributed by atoms with Crippen LogP contribution in [0.4, 0.5) is 0 Å². The summed E-state index contributed by atoms with van der Waals surface area (Å²) < 4.78 is 32.2. The molecule has 0 bridgehead atoms. The van der Waals surface area contributed by atoms with Gasteiger partial charge in [0.2, 0.25) is 21.8 Å². The van der Waals surface area contributed by atoms with Crippen LogP contribution in [0.25, 0.3) is 11.5 Å². The first kappa shape index (κ1) is 17.6. The number of hydrogen-bond donors (Lipinski definition) is 1. The molecule has 1 heterocycles. The van der Waals surface area contributed by atoms with Crippen LogP contribution < -0.4 is 4.72 Å². The van der Waals surface area contributed by atoms with Gasteiger partial charge in [0, 0.05) is 13.0 Å². The van der Waals surface area contributed by atoms with Crippen molar-refractivity contribution < 1.29 is 12.8 Å². The third-order valence-electron chi connectivity index (χ3n) is 3.43. The molecule has 0 aliphatic heterocycles. The Morgan fingerprint density at radius 3 is 2.48 bits per heavy atom. The lowest BCUT2D eigenvalue weighted by atomic mass is 10.2. The second-order valence-corrected chi connectivity index (χ2v) is 7.58. The molecule has 0 saturated carbocycles. The predicted octanol–water partition coefficient (Wildman–Crippen LogP) is 3.05. The molecule has 6 nitrogen and oxygen atoms in total. The van der Waals surface area contributed by atoms with E-state index in [1.54, 1.807) is 36.4 Å². The van der Waals surface area contributed by atoms with Crippen LogP contribution >= 0.6 is 11.6 Å². The van der Waals surface area contributed by atoms with Crippen LogP contribution in [0.2, 0.25) is 5.02 Å². The van der Waals surface area contributed by atoms with Crippen molar-refractivity contribution in [2.45, 2.75) is 12.2 Å². The Hall–Kier alpha value is -2.22. The molecule has 0 aliphatic rings. The largest absolute Gasteiger partial charge is 0.421 e. The summed E-state index contributed by atoms with van der Waals surface area (Å²) in [5.41, 5.74) is 1.38. The number of nitrogens with zero attached hydrogens (tertiary/aromatic N) is 2. The van der Waals surface area contributed by atoms with Gasteiger partial charge >= 0.3 is 0 Å². The van der Waals surface area contributed by atoms with Crippen molar-refractivity contribution in [1.82, 2.24) is 14.9 Å². The normalized spacial score (nSPS) is 11.6. The first-order valence-electron chi connectivity index (χ1n) is 7.62. The molecule has 0 aliphatic carbocycles. The smallest absolute Gasteiger partial charge is 0.249 e. The lowest BCUT2D eigenvalue weighted by Gasteiger charge is -2.05. The van der Waals surface area contributed by atoms with Crippen molar-refractivity contribution >= 4 is 21.6 Å². The summed E-state index contributed by atoms with van der Waals surface area (Å²) in [6, 6.07) is 16.1. The molecule has 8 heteroatoms. The maximum absolute atomic E-state index is 12.1. The van der Waals surface area contributed by atoms with E-state index in [0.29, 0.717) is 28.8 Å². The zero-order valence-electron chi connectivity index (χ0n) is 13.2. The van der Waals surface area contributed by atoms with Gasteiger partial charge in [-0.3, -0.25) is 0 Å². The summed E-state index contributed by atoms with van der Waals surface area (Å²) in [4.78, 5) is 0. The summed E-state index contributed by atoms with van der Waals surface area (Å²) in [7, 11) is -3.42. The Labute approximate surface area is 150 Å². The van der Waals surface area contributed by atoms with Crippen molar-refractivity contribution in [3.63, 3.8) is 0 Å². The number of nitrogens with one attached hydrogen (secondary N) is 1.